The van der Waals surface area contributed by atoms with E-state index in [4.69, 9.17) is 11.6 Å². The quantitative estimate of drug-likeness (QED) is 0.428. The van der Waals surface area contributed by atoms with Gasteiger partial charge in [-0.3, -0.25) is 14.1 Å². The van der Waals surface area contributed by atoms with Crippen molar-refractivity contribution in [3.8, 4) is 0 Å². The predicted molar refractivity (Wildman–Crippen MR) is 150 cm³/mol. The fraction of sp³-hybridized carbons (Fsp3) is 0.321. The Balaban J connectivity index is 1.40. The predicted octanol–water partition coefficient (Wildman–Crippen LogP) is 5.02. The Bertz CT molecular complexity index is 1400. The Kier molecular flexibility index (Phi) is 7.04. The summed E-state index contributed by atoms with van der Waals surface area (Å²) in [5, 5.41) is 6.87. The molecule has 5 heterocycles. The number of nitrogens with zero attached hydrogens (tertiary/aromatic N) is 5. The first-order valence-corrected chi connectivity index (χ1v) is 12.9. The topological polar surface area (TPSA) is 77.8 Å². The molecule has 2 aliphatic rings. The number of halogens is 1. The minimum atomic E-state index is -0.0382. The molecule has 1 amide bonds. The lowest BCUT2D eigenvalue weighted by atomic mass is 10.1. The van der Waals surface area contributed by atoms with E-state index >= 15 is 0 Å². The van der Waals surface area contributed by atoms with Crippen molar-refractivity contribution in [2.24, 2.45) is 0 Å². The maximum Gasteiger partial charge on any atom is 0.228 e. The average molecular weight is 518 g/mol. The van der Waals surface area contributed by atoms with E-state index in [0.717, 1.165) is 65.8 Å². The molecule has 0 radical (unpaired) electrons. The summed E-state index contributed by atoms with van der Waals surface area (Å²) in [4.78, 5) is 26.0. The fourth-order valence-electron chi connectivity index (χ4n) is 4.86. The van der Waals surface area contributed by atoms with Crippen molar-refractivity contribution in [1.82, 2.24) is 24.6 Å². The number of nitrogens with one attached hydrogen (secondary N) is 2. The van der Waals surface area contributed by atoms with Crippen LogP contribution in [-0.2, 0) is 4.79 Å². The van der Waals surface area contributed by atoms with Gasteiger partial charge in [0.2, 0.25) is 5.91 Å². The van der Waals surface area contributed by atoms with Crippen LogP contribution >= 0.6 is 11.6 Å². The third-order valence-corrected chi connectivity index (χ3v) is 7.41. The zero-order valence-corrected chi connectivity index (χ0v) is 22.2. The van der Waals surface area contributed by atoms with Gasteiger partial charge in [0, 0.05) is 55.9 Å². The van der Waals surface area contributed by atoms with Crippen LogP contribution in [-0.4, -0.2) is 57.4 Å². The Morgan fingerprint density at radius 3 is 2.68 bits per heavy atom. The average Bonchev–Trinajstić information content (AvgIpc) is 3.53. The van der Waals surface area contributed by atoms with Crippen LogP contribution in [0.5, 0.6) is 0 Å². The summed E-state index contributed by atoms with van der Waals surface area (Å²) < 4.78 is 1.84. The zero-order valence-electron chi connectivity index (χ0n) is 21.5. The number of aromatic nitrogens is 3. The van der Waals surface area contributed by atoms with Gasteiger partial charge in [-0.15, -0.1) is 0 Å². The summed E-state index contributed by atoms with van der Waals surface area (Å²) in [6.45, 7) is 14.4. The molecule has 2 N–H and O–H groups in total. The van der Waals surface area contributed by atoms with Crippen molar-refractivity contribution in [2.45, 2.75) is 33.2 Å². The van der Waals surface area contributed by atoms with Gasteiger partial charge < -0.3 is 15.5 Å². The Labute approximate surface area is 222 Å². The van der Waals surface area contributed by atoms with Crippen molar-refractivity contribution in [3.63, 3.8) is 0 Å². The molecule has 0 aromatic carbocycles. The third-order valence-electron chi connectivity index (χ3n) is 7.03. The maximum absolute atomic E-state index is 11.9. The number of carbonyl (C=O) groups excluding carboxylic acids is 1. The highest BCUT2D eigenvalue weighted by Crippen LogP contribution is 2.33. The molecule has 0 aliphatic carbocycles. The number of amides is 1. The third kappa shape index (κ3) is 5.12. The molecule has 0 saturated carbocycles. The van der Waals surface area contributed by atoms with E-state index in [1.54, 1.807) is 12.3 Å². The molecule has 0 unspecified atom stereocenters. The van der Waals surface area contributed by atoms with Gasteiger partial charge >= 0.3 is 0 Å². The normalized spacial score (nSPS) is 17.2. The summed E-state index contributed by atoms with van der Waals surface area (Å²) in [6, 6.07) is 6.65. The smallest absolute Gasteiger partial charge is 0.228 e. The van der Waals surface area contributed by atoms with Crippen LogP contribution in [0.4, 0.5) is 17.2 Å². The van der Waals surface area contributed by atoms with E-state index in [1.807, 2.05) is 41.9 Å². The van der Waals surface area contributed by atoms with Gasteiger partial charge in [0.15, 0.2) is 5.65 Å². The van der Waals surface area contributed by atoms with Gasteiger partial charge in [-0.25, -0.2) is 9.97 Å². The molecule has 3 aromatic rings. The molecule has 2 aliphatic heterocycles. The summed E-state index contributed by atoms with van der Waals surface area (Å²) in [6.07, 6.45) is 9.45. The second-order valence-electron chi connectivity index (χ2n) is 9.72. The standard InChI is InChI=1S/C28H32ClN7O/c1-5-20-15-26(37)33-23(20)14-19(4)22-16-24(28-30-8-9-36(28)27(22)29)32-25-7-6-21(17-31-25)35-12-10-34(11-13-35)18(2)3/h5-9,14,16-18H,1,10-13,15H2,2-4H3,(H,31,32)(H,33,37)/b19-14+. The zero-order chi connectivity index (χ0) is 26.1. The molecule has 0 spiro atoms. The van der Waals surface area contributed by atoms with Crippen LogP contribution in [0.3, 0.4) is 0 Å². The number of anilines is 3. The minimum Gasteiger partial charge on any atom is -0.368 e. The van der Waals surface area contributed by atoms with Gasteiger partial charge in [0.05, 0.1) is 24.0 Å². The second-order valence-corrected chi connectivity index (χ2v) is 10.1. The number of pyridine rings is 2. The van der Waals surface area contributed by atoms with Gasteiger partial charge in [-0.05, 0) is 56.2 Å². The van der Waals surface area contributed by atoms with E-state index in [1.165, 1.54) is 0 Å². The lowest BCUT2D eigenvalue weighted by molar-refractivity contribution is -0.118. The Hall–Kier alpha value is -3.62. The van der Waals surface area contributed by atoms with E-state index < -0.39 is 0 Å². The van der Waals surface area contributed by atoms with E-state index in [9.17, 15) is 4.79 Å². The maximum atomic E-state index is 11.9. The highest BCUT2D eigenvalue weighted by molar-refractivity contribution is 6.31. The van der Waals surface area contributed by atoms with E-state index in [0.29, 0.717) is 23.3 Å². The van der Waals surface area contributed by atoms with Crippen LogP contribution in [0.1, 0.15) is 32.8 Å². The molecule has 9 heteroatoms. The number of piperazine rings is 1. The first-order valence-electron chi connectivity index (χ1n) is 12.6. The van der Waals surface area contributed by atoms with Crippen molar-refractivity contribution in [1.29, 1.82) is 0 Å². The van der Waals surface area contributed by atoms with Crippen molar-refractivity contribution < 1.29 is 4.79 Å². The lowest BCUT2D eigenvalue weighted by Crippen LogP contribution is -2.48. The molecular weight excluding hydrogens is 486 g/mol. The van der Waals surface area contributed by atoms with Crippen LogP contribution in [0.25, 0.3) is 11.2 Å². The summed E-state index contributed by atoms with van der Waals surface area (Å²) in [5.41, 5.74) is 5.97. The van der Waals surface area contributed by atoms with Gasteiger partial charge in [0.1, 0.15) is 11.0 Å². The van der Waals surface area contributed by atoms with Crippen LogP contribution < -0.4 is 15.5 Å². The highest BCUT2D eigenvalue weighted by atomic mass is 35.5. The molecule has 192 valence electrons. The number of hydrogen-bond donors (Lipinski definition) is 2. The van der Waals surface area contributed by atoms with Crippen LogP contribution in [0, 0.1) is 0 Å². The van der Waals surface area contributed by atoms with E-state index in [2.05, 4.69) is 56.9 Å². The van der Waals surface area contributed by atoms with Gasteiger partial charge in [-0.1, -0.05) is 24.3 Å². The fourth-order valence-corrected chi connectivity index (χ4v) is 5.20. The number of fused-ring (bicyclic) bond motifs is 1. The molecule has 1 saturated heterocycles. The number of carbonyl (C=O) groups is 1. The number of hydrogen-bond acceptors (Lipinski definition) is 6. The molecular formula is C28H32ClN7O. The van der Waals surface area contributed by atoms with Crippen LogP contribution in [0.15, 0.2) is 66.8 Å². The molecule has 3 aromatic heterocycles. The molecule has 1 fully saturated rings. The molecule has 0 bridgehead atoms. The van der Waals surface area contributed by atoms with E-state index in [-0.39, 0.29) is 5.91 Å². The second kappa shape index (κ2) is 10.4. The SMILES string of the molecule is C=CC1=C(/C=C(\C)c2cc(Nc3ccc(N4CCN(C(C)C)CC4)cn3)c3nccn3c2Cl)NC(=O)C1. The van der Waals surface area contributed by atoms with Gasteiger partial charge in [0.25, 0.3) is 0 Å². The molecule has 8 nitrogen and oxygen atoms in total. The molecule has 5 rings (SSSR count). The Morgan fingerprint density at radius 2 is 2.00 bits per heavy atom. The summed E-state index contributed by atoms with van der Waals surface area (Å²) in [7, 11) is 0. The summed E-state index contributed by atoms with van der Waals surface area (Å²) in [5.74, 6) is 0.688. The highest BCUT2D eigenvalue weighted by Gasteiger charge is 2.21. The number of rotatable bonds is 7. The first kappa shape index (κ1) is 25.0. The molecule has 0 atom stereocenters. The Morgan fingerprint density at radius 1 is 1.22 bits per heavy atom. The minimum absolute atomic E-state index is 0.0382. The van der Waals surface area contributed by atoms with Crippen LogP contribution in [0.2, 0.25) is 5.15 Å². The monoisotopic (exact) mass is 517 g/mol. The number of imidazole rings is 1. The van der Waals surface area contributed by atoms with Crippen molar-refractivity contribution >= 4 is 45.9 Å². The van der Waals surface area contributed by atoms with Gasteiger partial charge in [-0.2, -0.15) is 0 Å². The largest absolute Gasteiger partial charge is 0.368 e. The number of allylic oxidation sites excluding steroid dienone is 3. The van der Waals surface area contributed by atoms with Crippen molar-refractivity contribution in [3.05, 3.63) is 77.5 Å². The first-order chi connectivity index (χ1) is 17.8. The lowest BCUT2D eigenvalue weighted by Gasteiger charge is -2.38. The molecule has 37 heavy (non-hydrogen) atoms. The van der Waals surface area contributed by atoms with Crippen molar-refractivity contribution in [2.75, 3.05) is 36.4 Å². The summed E-state index contributed by atoms with van der Waals surface area (Å²) >= 11 is 6.78.